The topological polar surface area (TPSA) is 97.6 Å². The zero-order chi connectivity index (χ0) is 44.5. The summed E-state index contributed by atoms with van der Waals surface area (Å²) in [4.78, 5) is 17.9. The summed E-state index contributed by atoms with van der Waals surface area (Å²) >= 11 is 0. The minimum Gasteiger partial charge on any atom is -0.507 e. The van der Waals surface area contributed by atoms with Gasteiger partial charge in [0.2, 0.25) is 0 Å². The smallest absolute Gasteiger partial charge is 0.337 e. The van der Waals surface area contributed by atoms with E-state index in [2.05, 4.69) is 79.7 Å². The van der Waals surface area contributed by atoms with E-state index in [4.69, 9.17) is 19.2 Å². The zero-order valence-electron chi connectivity index (χ0n) is 38.8. The van der Waals surface area contributed by atoms with Crippen LogP contribution in [0.25, 0.3) is 0 Å². The van der Waals surface area contributed by atoms with Gasteiger partial charge in [-0.25, -0.2) is 4.79 Å². The van der Waals surface area contributed by atoms with E-state index in [1.54, 1.807) is 12.3 Å². The van der Waals surface area contributed by atoms with E-state index in [0.29, 0.717) is 47.8 Å². The average molecular weight is 834 g/mol. The van der Waals surface area contributed by atoms with Crippen LogP contribution in [0.3, 0.4) is 0 Å². The fourth-order valence-corrected chi connectivity index (χ4v) is 7.69. The number of ether oxygens (including phenoxy) is 3. The molecule has 2 N–H and O–H groups in total. The van der Waals surface area contributed by atoms with Crippen molar-refractivity contribution in [3.05, 3.63) is 124 Å². The highest BCUT2D eigenvalue weighted by Gasteiger charge is 2.46. The number of hydrogen-bond acceptors (Lipinski definition) is 7. The van der Waals surface area contributed by atoms with Gasteiger partial charge in [-0.05, 0) is 89.2 Å². The Labute approximate surface area is 368 Å². The van der Waals surface area contributed by atoms with Crippen LogP contribution in [0.4, 0.5) is 0 Å². The molecule has 332 valence electrons. The van der Waals surface area contributed by atoms with Gasteiger partial charge in [-0.2, -0.15) is 0 Å². The van der Waals surface area contributed by atoms with E-state index in [1.165, 1.54) is 57.8 Å². The van der Waals surface area contributed by atoms with Crippen LogP contribution in [0.15, 0.2) is 89.9 Å². The van der Waals surface area contributed by atoms with Crippen molar-refractivity contribution in [2.24, 2.45) is 4.99 Å². The number of rotatable bonds is 24. The van der Waals surface area contributed by atoms with E-state index in [0.717, 1.165) is 55.2 Å². The summed E-state index contributed by atoms with van der Waals surface area (Å²) < 4.78 is 18.5. The Kier molecular flexibility index (Phi) is 18.9. The SMILES string of the molecule is CCCCCCCCOc1ccc(C(C)(C)C)cc1C(O)(c1cc(C(C)(C)C)ccc1OCCCCCCCC)C(Cc1ccccc1)N=Cc1cc(C(=O)OC)ccc1O. The van der Waals surface area contributed by atoms with Crippen molar-refractivity contribution in [2.75, 3.05) is 20.3 Å². The van der Waals surface area contributed by atoms with Crippen LogP contribution in [0.1, 0.15) is 176 Å². The minimum absolute atomic E-state index is 0.0474. The molecule has 0 amide bonds. The van der Waals surface area contributed by atoms with Gasteiger partial charge in [-0.1, -0.05) is 162 Å². The normalized spacial score (nSPS) is 12.8. The second-order valence-corrected chi connectivity index (χ2v) is 18.7. The molecule has 1 atom stereocenters. The molecule has 0 heterocycles. The van der Waals surface area contributed by atoms with Gasteiger partial charge in [-0.3, -0.25) is 4.99 Å². The lowest BCUT2D eigenvalue weighted by molar-refractivity contribution is 0.0460. The largest absolute Gasteiger partial charge is 0.507 e. The molecule has 61 heavy (non-hydrogen) atoms. The number of esters is 1. The molecule has 0 aliphatic carbocycles. The fraction of sp³-hybridized carbons (Fsp3) is 0.519. The van der Waals surface area contributed by atoms with Gasteiger partial charge in [0, 0.05) is 22.9 Å². The number of methoxy groups -OCH3 is 1. The molecule has 0 radical (unpaired) electrons. The molecule has 7 nitrogen and oxygen atoms in total. The Balaban J connectivity index is 2.03. The lowest BCUT2D eigenvalue weighted by Gasteiger charge is -2.39. The van der Waals surface area contributed by atoms with Crippen molar-refractivity contribution in [3.8, 4) is 17.2 Å². The molecule has 0 fully saturated rings. The molecule has 4 aromatic carbocycles. The predicted octanol–water partition coefficient (Wildman–Crippen LogP) is 13.2. The Hall–Kier alpha value is -4.62. The molecule has 4 aromatic rings. The van der Waals surface area contributed by atoms with Crippen molar-refractivity contribution in [3.63, 3.8) is 0 Å². The van der Waals surface area contributed by atoms with Crippen LogP contribution in [0.5, 0.6) is 17.2 Å². The highest BCUT2D eigenvalue weighted by molar-refractivity contribution is 5.93. The first-order chi connectivity index (χ1) is 29.1. The molecular formula is C54H75NO6. The number of benzene rings is 4. The summed E-state index contributed by atoms with van der Waals surface area (Å²) in [6.45, 7) is 18.5. The lowest BCUT2D eigenvalue weighted by Crippen LogP contribution is -2.42. The third-order valence-electron chi connectivity index (χ3n) is 11.6. The summed E-state index contributed by atoms with van der Waals surface area (Å²) in [7, 11) is 1.33. The highest BCUT2D eigenvalue weighted by atomic mass is 16.5. The van der Waals surface area contributed by atoms with Crippen LogP contribution in [-0.4, -0.2) is 48.8 Å². The maximum atomic E-state index is 14.3. The molecule has 7 heteroatoms. The molecule has 0 aromatic heterocycles. The molecule has 0 aliphatic heterocycles. The van der Waals surface area contributed by atoms with Gasteiger partial charge in [0.15, 0.2) is 0 Å². The van der Waals surface area contributed by atoms with Gasteiger partial charge in [0.25, 0.3) is 0 Å². The van der Waals surface area contributed by atoms with Crippen LogP contribution < -0.4 is 9.47 Å². The molecule has 0 bridgehead atoms. The molecule has 0 saturated heterocycles. The first-order valence-electron chi connectivity index (χ1n) is 22.9. The average Bonchev–Trinajstić information content (AvgIpc) is 3.24. The van der Waals surface area contributed by atoms with E-state index in [9.17, 15) is 15.0 Å². The maximum absolute atomic E-state index is 14.3. The van der Waals surface area contributed by atoms with Gasteiger partial charge in [0.1, 0.15) is 22.8 Å². The van der Waals surface area contributed by atoms with Gasteiger partial charge < -0.3 is 24.4 Å². The first kappa shape index (κ1) is 49.0. The summed E-state index contributed by atoms with van der Waals surface area (Å²) in [6, 6.07) is 26.2. The second kappa shape index (κ2) is 23.6. The Morgan fingerprint density at radius 3 is 1.62 bits per heavy atom. The number of phenols is 1. The summed E-state index contributed by atoms with van der Waals surface area (Å²) in [5.41, 5.74) is 2.54. The van der Waals surface area contributed by atoms with E-state index < -0.39 is 17.6 Å². The number of aliphatic hydroxyl groups is 1. The summed E-state index contributed by atoms with van der Waals surface area (Å²) in [5, 5.41) is 25.4. The molecule has 0 saturated carbocycles. The molecular weight excluding hydrogens is 759 g/mol. The maximum Gasteiger partial charge on any atom is 0.337 e. The van der Waals surface area contributed by atoms with Gasteiger partial charge in [0.05, 0.1) is 31.9 Å². The van der Waals surface area contributed by atoms with E-state index in [1.807, 2.05) is 42.5 Å². The number of carbonyl (C=O) groups excluding carboxylic acids is 1. The van der Waals surface area contributed by atoms with Crippen LogP contribution >= 0.6 is 0 Å². The third-order valence-corrected chi connectivity index (χ3v) is 11.6. The Bertz CT molecular complexity index is 1890. The lowest BCUT2D eigenvalue weighted by atomic mass is 9.73. The fourth-order valence-electron chi connectivity index (χ4n) is 7.69. The minimum atomic E-state index is -1.82. The van der Waals surface area contributed by atoms with Crippen molar-refractivity contribution in [1.29, 1.82) is 0 Å². The summed E-state index contributed by atoms with van der Waals surface area (Å²) in [6.07, 6.45) is 15.4. The van der Waals surface area contributed by atoms with Crippen LogP contribution in [0.2, 0.25) is 0 Å². The molecule has 4 rings (SSSR count). The number of phenolic OH excluding ortho intramolecular Hbond substituents is 1. The number of hydrogen-bond donors (Lipinski definition) is 2. The quantitative estimate of drug-likeness (QED) is 0.0414. The second-order valence-electron chi connectivity index (χ2n) is 18.7. The predicted molar refractivity (Wildman–Crippen MR) is 252 cm³/mol. The van der Waals surface area contributed by atoms with Crippen molar-refractivity contribution >= 4 is 12.2 Å². The van der Waals surface area contributed by atoms with Crippen LogP contribution in [-0.2, 0) is 27.6 Å². The first-order valence-corrected chi connectivity index (χ1v) is 22.9. The molecule has 0 aliphatic rings. The number of unbranched alkanes of at least 4 members (excludes halogenated alkanes) is 10. The number of aromatic hydroxyl groups is 1. The zero-order valence-corrected chi connectivity index (χ0v) is 38.8. The summed E-state index contributed by atoms with van der Waals surface area (Å²) in [5.74, 6) is 0.616. The monoisotopic (exact) mass is 834 g/mol. The number of carbonyl (C=O) groups is 1. The Morgan fingerprint density at radius 2 is 1.15 bits per heavy atom. The van der Waals surface area contributed by atoms with Crippen LogP contribution in [0, 0.1) is 0 Å². The molecule has 1 unspecified atom stereocenters. The molecule has 0 spiro atoms. The van der Waals surface area contributed by atoms with Crippen molar-refractivity contribution in [2.45, 2.75) is 161 Å². The number of aliphatic imine (C=N–C) groups is 1. The highest BCUT2D eigenvalue weighted by Crippen LogP contribution is 2.47. The van der Waals surface area contributed by atoms with Gasteiger partial charge >= 0.3 is 5.97 Å². The Morgan fingerprint density at radius 1 is 0.656 bits per heavy atom. The number of nitrogens with zero attached hydrogens (tertiary/aromatic N) is 1. The van der Waals surface area contributed by atoms with Crippen molar-refractivity contribution in [1.82, 2.24) is 0 Å². The van der Waals surface area contributed by atoms with Gasteiger partial charge in [-0.15, -0.1) is 0 Å². The van der Waals surface area contributed by atoms with E-state index in [-0.39, 0.29) is 22.1 Å². The van der Waals surface area contributed by atoms with Crippen molar-refractivity contribution < 1.29 is 29.2 Å². The third kappa shape index (κ3) is 14.2. The van der Waals surface area contributed by atoms with E-state index >= 15 is 0 Å². The standard InChI is InChI=1S/C54H75NO6/c1-10-12-14-16-18-23-33-60-48-31-28-43(52(3,4)5)37-45(48)54(58,46-38-44(53(6,7)8)29-32-49(46)61-34-24-19-17-15-13-11-2)50(35-40-25-21-20-22-26-40)55-39-42-36-41(51(57)59-9)27-30-47(42)56/h20-22,25-32,36-39,50,56,58H,10-19,23-24,33-35H2,1-9H3.